The predicted octanol–water partition coefficient (Wildman–Crippen LogP) is 5.65. The first-order valence-corrected chi connectivity index (χ1v) is 33.5. The minimum absolute atomic E-state index is 0.0357. The van der Waals surface area contributed by atoms with Crippen LogP contribution >= 0.6 is 11.6 Å². The van der Waals surface area contributed by atoms with Gasteiger partial charge in [-0.3, -0.25) is 52.7 Å². The summed E-state index contributed by atoms with van der Waals surface area (Å²) in [5, 5.41) is 8.16. The summed E-state index contributed by atoms with van der Waals surface area (Å²) in [4.78, 5) is 171. The minimum Gasteiger partial charge on any atom is -0.343 e. The van der Waals surface area contributed by atoms with Crippen LogP contribution in [0.4, 0.5) is 13.2 Å². The average molecular weight is 1320 g/mol. The highest BCUT2D eigenvalue weighted by atomic mass is 35.5. The molecule has 3 saturated carbocycles. The van der Waals surface area contributed by atoms with Crippen LogP contribution in [0.5, 0.6) is 0 Å². The number of rotatable bonds is 10. The maximum atomic E-state index is 15.2. The lowest BCUT2D eigenvalue weighted by Crippen LogP contribution is -2.65. The lowest BCUT2D eigenvalue weighted by atomic mass is 9.78. The number of aryl methyl sites for hydroxylation is 1. The van der Waals surface area contributed by atoms with Gasteiger partial charge in [-0.1, -0.05) is 103 Å². The van der Waals surface area contributed by atoms with E-state index in [9.17, 15) is 56.3 Å². The summed E-state index contributed by atoms with van der Waals surface area (Å²) in [6.07, 6.45) is 4.34. The molecule has 1 spiro atoms. The van der Waals surface area contributed by atoms with Crippen molar-refractivity contribution in [2.75, 3.05) is 75.5 Å². The number of halogens is 4. The molecule has 3 aliphatic carbocycles. The van der Waals surface area contributed by atoms with Crippen molar-refractivity contribution in [3.8, 4) is 0 Å². The van der Waals surface area contributed by atoms with E-state index >= 15 is 9.59 Å². The average Bonchev–Trinajstić information content (AvgIpc) is 1.07. The summed E-state index contributed by atoms with van der Waals surface area (Å²) < 4.78 is 41.4. The van der Waals surface area contributed by atoms with Crippen LogP contribution in [-0.4, -0.2) is 228 Å². The van der Waals surface area contributed by atoms with Gasteiger partial charge in [0.15, 0.2) is 0 Å². The van der Waals surface area contributed by atoms with Crippen molar-refractivity contribution in [1.82, 2.24) is 55.1 Å². The van der Waals surface area contributed by atoms with E-state index in [-0.39, 0.29) is 75.7 Å². The normalized spacial score (nSPS) is 27.0. The van der Waals surface area contributed by atoms with E-state index in [0.29, 0.717) is 44.1 Å². The molecule has 0 aromatic heterocycles. The lowest BCUT2D eigenvalue weighted by Gasteiger charge is -2.44. The molecule has 2 saturated heterocycles. The number of hydrogen-bond donors (Lipinski definition) is 3. The Kier molecular flexibility index (Phi) is 26.4. The number of fused-ring (bicyclic) bond motifs is 1. The third kappa shape index (κ3) is 18.4. The van der Waals surface area contributed by atoms with E-state index in [2.05, 4.69) is 16.0 Å². The fraction of sp³-hybridized carbons (Fsp3) is 0.742. The molecule has 5 aliphatic rings. The third-order valence-corrected chi connectivity index (χ3v) is 20.5. The summed E-state index contributed by atoms with van der Waals surface area (Å²) in [6, 6.07) is -4.34. The van der Waals surface area contributed by atoms with Crippen molar-refractivity contribution in [3.63, 3.8) is 0 Å². The quantitative estimate of drug-likeness (QED) is 0.258. The third-order valence-electron chi connectivity index (χ3n) is 20.2. The van der Waals surface area contributed by atoms with E-state index in [1.165, 1.54) is 70.7 Å². The van der Waals surface area contributed by atoms with Crippen molar-refractivity contribution >= 4 is 76.6 Å². The monoisotopic (exact) mass is 1320 g/mol. The standard InChI is InChI=1S/C66H101ClF3N11O11/c1-13-41(4)56-62(90)76(8)38-54(84)74(6)39-55(85)79(11)51(36-43-21-15-14-16-22-43)61(89)75(7)37-52(82)71-48(29-27-44-26-28-46(47(67)35-44)66(68,69)70)60(88)81-32-20-25-49(81)59(87)73-65(30-17-18-31-65)64(92)80(12)57(45-23-19-24-45)63(91)77(9)42(5)34-53(83)78(10)50(33-40(2)3)58(86)72-56/h26,28,35,40-43,45,48-51,56-57H,13-25,27,29-34,36-39H2,1-12H3,(H,71,82)(H,72,86)(H,73,87)/t41-,42+,48-,49?,50-,51-,56-,57-/m0/s1. The van der Waals surface area contributed by atoms with Gasteiger partial charge in [0, 0.05) is 68.3 Å². The number of likely N-dealkylation sites (N-methyl/N-ethyl adjacent to an activating group) is 7. The van der Waals surface area contributed by atoms with Gasteiger partial charge in [-0.2, -0.15) is 13.2 Å². The molecule has 1 unspecified atom stereocenters. The van der Waals surface area contributed by atoms with Gasteiger partial charge >= 0.3 is 6.18 Å². The molecule has 5 fully saturated rings. The summed E-state index contributed by atoms with van der Waals surface area (Å²) in [5.74, 6) is -7.24. The molecule has 8 atom stereocenters. The Bertz CT molecular complexity index is 2850. The summed E-state index contributed by atoms with van der Waals surface area (Å²) in [7, 11) is 10.2. The van der Waals surface area contributed by atoms with Crippen LogP contribution in [-0.2, 0) is 65.3 Å². The predicted molar refractivity (Wildman–Crippen MR) is 340 cm³/mol. The fourth-order valence-electron chi connectivity index (χ4n) is 13.7. The Morgan fingerprint density at radius 3 is 1.85 bits per heavy atom. The van der Waals surface area contributed by atoms with Crippen molar-refractivity contribution in [2.24, 2.45) is 23.7 Å². The fourth-order valence-corrected chi connectivity index (χ4v) is 14.0. The van der Waals surface area contributed by atoms with Gasteiger partial charge < -0.3 is 55.1 Å². The van der Waals surface area contributed by atoms with E-state index < -0.39 is 155 Å². The van der Waals surface area contributed by atoms with Crippen molar-refractivity contribution in [1.29, 1.82) is 0 Å². The highest BCUT2D eigenvalue weighted by Gasteiger charge is 2.51. The van der Waals surface area contributed by atoms with Crippen molar-refractivity contribution < 1.29 is 65.9 Å². The summed E-state index contributed by atoms with van der Waals surface area (Å²) >= 11 is 6.13. The SMILES string of the molecule is CC[C@H](C)[C@@H]1NC(=O)[C@H](CC(C)C)N(C)C(=O)C[C@@H](C)N(C)C(=O)[C@H](C2CCC2)N(C)C(=O)C2(CCCC2)NC(=O)C2CCCN2C(=O)[C@H](CCc2ccc(C(F)(F)F)c(Cl)c2)NC(=O)CN(C)C(=O)[C@H](CC2CCCCC2)N(C)C(=O)CN(C)C(=O)CN(C)C1=O. The largest absolute Gasteiger partial charge is 0.417 e. The van der Waals surface area contributed by atoms with E-state index in [1.54, 1.807) is 27.9 Å². The topological polar surface area (TPSA) is 250 Å². The van der Waals surface area contributed by atoms with Crippen LogP contribution in [0.25, 0.3) is 0 Å². The number of carbonyl (C=O) groups excluding carboxylic acids is 11. The van der Waals surface area contributed by atoms with Gasteiger partial charge in [0.1, 0.15) is 41.8 Å². The zero-order chi connectivity index (χ0) is 68.3. The molecule has 0 bridgehead atoms. The first-order valence-electron chi connectivity index (χ1n) is 33.1. The smallest absolute Gasteiger partial charge is 0.343 e. The van der Waals surface area contributed by atoms with Crippen LogP contribution < -0.4 is 16.0 Å². The number of alkyl halides is 3. The molecule has 1 aromatic rings. The Labute approximate surface area is 546 Å². The van der Waals surface area contributed by atoms with Gasteiger partial charge in [-0.15, -0.1) is 0 Å². The second-order valence-corrected chi connectivity index (χ2v) is 27.8. The Hall–Kier alpha value is -6.53. The zero-order valence-electron chi connectivity index (χ0n) is 56.1. The first-order chi connectivity index (χ1) is 43.2. The number of amides is 11. The molecule has 6 rings (SSSR count). The maximum Gasteiger partial charge on any atom is 0.417 e. The van der Waals surface area contributed by atoms with Crippen LogP contribution in [0.2, 0.25) is 5.02 Å². The molecule has 22 nitrogen and oxygen atoms in total. The molecule has 92 heavy (non-hydrogen) atoms. The van der Waals surface area contributed by atoms with E-state index in [0.717, 1.165) is 60.5 Å². The van der Waals surface area contributed by atoms with Crippen molar-refractivity contribution in [3.05, 3.63) is 34.3 Å². The minimum atomic E-state index is -4.74. The molecule has 11 amide bonds. The van der Waals surface area contributed by atoms with Gasteiger partial charge in [0.25, 0.3) is 0 Å². The molecule has 3 N–H and O–H groups in total. The molecule has 2 aliphatic heterocycles. The van der Waals surface area contributed by atoms with Crippen LogP contribution in [0.15, 0.2) is 18.2 Å². The van der Waals surface area contributed by atoms with Gasteiger partial charge in [-0.05, 0) is 112 Å². The van der Waals surface area contributed by atoms with Gasteiger partial charge in [0.2, 0.25) is 65.0 Å². The second kappa shape index (κ2) is 32.5. The summed E-state index contributed by atoms with van der Waals surface area (Å²) in [6.45, 7) is 7.60. The molecular formula is C66H101ClF3N11O11. The van der Waals surface area contributed by atoms with Crippen molar-refractivity contribution in [2.45, 2.75) is 217 Å². The van der Waals surface area contributed by atoms with Crippen LogP contribution in [0.1, 0.15) is 168 Å². The summed E-state index contributed by atoms with van der Waals surface area (Å²) in [5.41, 5.74) is -2.22. The molecule has 514 valence electrons. The molecule has 0 radical (unpaired) electrons. The molecule has 1 aromatic carbocycles. The first kappa shape index (κ1) is 74.5. The van der Waals surface area contributed by atoms with Gasteiger partial charge in [-0.25, -0.2) is 0 Å². The highest BCUT2D eigenvalue weighted by molar-refractivity contribution is 6.31. The molecular weight excluding hydrogens is 1220 g/mol. The zero-order valence-corrected chi connectivity index (χ0v) is 56.9. The highest BCUT2D eigenvalue weighted by Crippen LogP contribution is 2.39. The lowest BCUT2D eigenvalue weighted by molar-refractivity contribution is -0.154. The Morgan fingerprint density at radius 1 is 0.641 bits per heavy atom. The molecule has 2 heterocycles. The van der Waals surface area contributed by atoms with E-state index in [1.807, 2.05) is 20.8 Å². The number of nitrogens with one attached hydrogen (secondary N) is 3. The second-order valence-electron chi connectivity index (χ2n) is 27.4. The van der Waals surface area contributed by atoms with E-state index in [4.69, 9.17) is 11.6 Å². The number of hydrogen-bond acceptors (Lipinski definition) is 11. The Balaban J connectivity index is 1.37. The van der Waals surface area contributed by atoms with Gasteiger partial charge in [0.05, 0.1) is 30.2 Å². The Morgan fingerprint density at radius 2 is 1.26 bits per heavy atom. The number of carbonyl (C=O) groups is 11. The van der Waals surface area contributed by atoms with Crippen LogP contribution in [0, 0.1) is 23.7 Å². The number of benzene rings is 1. The molecule has 26 heteroatoms. The number of nitrogens with zero attached hydrogens (tertiary/aromatic N) is 8. The maximum absolute atomic E-state index is 15.2. The van der Waals surface area contributed by atoms with Crippen LogP contribution in [0.3, 0.4) is 0 Å².